The van der Waals surface area contributed by atoms with Crippen LogP contribution in [-0.2, 0) is 14.9 Å². The van der Waals surface area contributed by atoms with Gasteiger partial charge in [-0.3, -0.25) is 9.69 Å². The highest BCUT2D eigenvalue weighted by Gasteiger charge is 2.24. The Morgan fingerprint density at radius 1 is 1.00 bits per heavy atom. The minimum absolute atomic E-state index is 0.0401. The van der Waals surface area contributed by atoms with Crippen LogP contribution in [0.5, 0.6) is 0 Å². The molecule has 0 aliphatic carbocycles. The molecule has 156 valence electrons. The van der Waals surface area contributed by atoms with Crippen molar-refractivity contribution in [1.82, 2.24) is 4.90 Å². The Kier molecular flexibility index (Phi) is 7.29. The van der Waals surface area contributed by atoms with Gasteiger partial charge in [0.1, 0.15) is 0 Å². The van der Waals surface area contributed by atoms with Gasteiger partial charge < -0.3 is 15.0 Å². The van der Waals surface area contributed by atoms with E-state index in [1.165, 1.54) is 11.3 Å². The summed E-state index contributed by atoms with van der Waals surface area (Å²) in [7, 11) is 1.75. The second kappa shape index (κ2) is 9.90. The van der Waals surface area contributed by atoms with E-state index in [2.05, 4.69) is 53.2 Å². The Labute approximate surface area is 174 Å². The molecule has 0 bridgehead atoms. The number of piperazine rings is 1. The highest BCUT2D eigenvalue weighted by molar-refractivity contribution is 5.91. The third-order valence-corrected chi connectivity index (χ3v) is 5.66. The molecule has 5 nitrogen and oxygen atoms in total. The number of carbonyl (C=O) groups excluding carboxylic acids is 1. The fraction of sp³-hybridized carbons (Fsp3) is 0.458. The van der Waals surface area contributed by atoms with Crippen molar-refractivity contribution >= 4 is 17.3 Å². The van der Waals surface area contributed by atoms with Crippen LogP contribution >= 0.6 is 0 Å². The first-order valence-corrected chi connectivity index (χ1v) is 10.4. The van der Waals surface area contributed by atoms with Crippen LogP contribution < -0.4 is 10.2 Å². The summed E-state index contributed by atoms with van der Waals surface area (Å²) in [6, 6.07) is 18.4. The summed E-state index contributed by atoms with van der Waals surface area (Å²) in [5.41, 5.74) is 3.03. The van der Waals surface area contributed by atoms with E-state index in [4.69, 9.17) is 4.74 Å². The van der Waals surface area contributed by atoms with Gasteiger partial charge in [0, 0.05) is 57.6 Å². The standard InChI is InChI=1S/C24H33N3O2/c1-24(2,20-7-5-4-6-8-20)19-23(28)25-21-9-11-22(12-10-21)27-15-13-26(14-16-27)17-18-29-3/h4-12H,13-19H2,1-3H3,(H,25,28). The van der Waals surface area contributed by atoms with Crippen molar-refractivity contribution in [1.29, 1.82) is 0 Å². The second-order valence-electron chi connectivity index (χ2n) is 8.34. The lowest BCUT2D eigenvalue weighted by atomic mass is 9.81. The van der Waals surface area contributed by atoms with Crippen LogP contribution in [0.25, 0.3) is 0 Å². The lowest BCUT2D eigenvalue weighted by Gasteiger charge is -2.36. The van der Waals surface area contributed by atoms with Gasteiger partial charge in [-0.25, -0.2) is 0 Å². The number of amides is 1. The van der Waals surface area contributed by atoms with Gasteiger partial charge in [-0.15, -0.1) is 0 Å². The summed E-state index contributed by atoms with van der Waals surface area (Å²) < 4.78 is 5.17. The van der Waals surface area contributed by atoms with Gasteiger partial charge >= 0.3 is 0 Å². The van der Waals surface area contributed by atoms with E-state index in [0.29, 0.717) is 6.42 Å². The molecule has 1 heterocycles. The first-order chi connectivity index (χ1) is 14.0. The van der Waals surface area contributed by atoms with Crippen molar-refractivity contribution in [2.24, 2.45) is 0 Å². The number of rotatable bonds is 8. The van der Waals surface area contributed by atoms with Gasteiger partial charge in [-0.2, -0.15) is 0 Å². The summed E-state index contributed by atoms with van der Waals surface area (Å²) >= 11 is 0. The molecule has 0 spiro atoms. The van der Waals surface area contributed by atoms with Crippen molar-refractivity contribution in [2.45, 2.75) is 25.7 Å². The quantitative estimate of drug-likeness (QED) is 0.739. The monoisotopic (exact) mass is 395 g/mol. The summed E-state index contributed by atoms with van der Waals surface area (Å²) in [4.78, 5) is 17.4. The maximum atomic E-state index is 12.6. The van der Waals surface area contributed by atoms with Crippen molar-refractivity contribution in [2.75, 3.05) is 56.7 Å². The third-order valence-electron chi connectivity index (χ3n) is 5.66. The molecule has 0 radical (unpaired) electrons. The van der Waals surface area contributed by atoms with E-state index >= 15 is 0 Å². The Morgan fingerprint density at radius 2 is 1.66 bits per heavy atom. The summed E-state index contributed by atoms with van der Waals surface area (Å²) in [6.07, 6.45) is 0.447. The van der Waals surface area contributed by atoms with Crippen LogP contribution in [0.2, 0.25) is 0 Å². The zero-order chi connectivity index (χ0) is 20.7. The molecule has 1 N–H and O–H groups in total. The number of hydrogen-bond donors (Lipinski definition) is 1. The van der Waals surface area contributed by atoms with E-state index in [1.54, 1.807) is 7.11 Å². The summed E-state index contributed by atoms with van der Waals surface area (Å²) in [6.45, 7) is 10.1. The molecule has 2 aromatic carbocycles. The number of nitrogens with one attached hydrogen (secondary N) is 1. The number of anilines is 2. The second-order valence-corrected chi connectivity index (χ2v) is 8.34. The van der Waals surface area contributed by atoms with Crippen LogP contribution in [-0.4, -0.2) is 57.2 Å². The molecule has 2 aromatic rings. The number of methoxy groups -OCH3 is 1. The topological polar surface area (TPSA) is 44.8 Å². The predicted octanol–water partition coefficient (Wildman–Crippen LogP) is 3.76. The molecule has 5 heteroatoms. The highest BCUT2D eigenvalue weighted by Crippen LogP contribution is 2.27. The molecular weight excluding hydrogens is 362 g/mol. The van der Waals surface area contributed by atoms with Gasteiger partial charge in [0.25, 0.3) is 0 Å². The van der Waals surface area contributed by atoms with Crippen molar-refractivity contribution in [3.63, 3.8) is 0 Å². The molecule has 0 atom stereocenters. The molecule has 1 aliphatic rings. The molecule has 3 rings (SSSR count). The van der Waals surface area contributed by atoms with Gasteiger partial charge in [0.15, 0.2) is 0 Å². The smallest absolute Gasteiger partial charge is 0.225 e. The Hall–Kier alpha value is -2.37. The number of hydrogen-bond acceptors (Lipinski definition) is 4. The fourth-order valence-electron chi connectivity index (χ4n) is 3.80. The van der Waals surface area contributed by atoms with Crippen LogP contribution in [0, 0.1) is 0 Å². The van der Waals surface area contributed by atoms with Crippen LogP contribution in [0.3, 0.4) is 0 Å². The van der Waals surface area contributed by atoms with Crippen molar-refractivity contribution in [3.8, 4) is 0 Å². The van der Waals surface area contributed by atoms with Gasteiger partial charge in [-0.1, -0.05) is 44.2 Å². The molecule has 0 aromatic heterocycles. The first kappa shape index (κ1) is 21.3. The van der Waals surface area contributed by atoms with Crippen molar-refractivity contribution in [3.05, 3.63) is 60.2 Å². The number of nitrogens with zero attached hydrogens (tertiary/aromatic N) is 2. The van der Waals surface area contributed by atoms with Crippen LogP contribution in [0.15, 0.2) is 54.6 Å². The maximum Gasteiger partial charge on any atom is 0.225 e. The molecule has 29 heavy (non-hydrogen) atoms. The van der Waals surface area contributed by atoms with Gasteiger partial charge in [0.05, 0.1) is 6.61 Å². The number of ether oxygens (including phenoxy) is 1. The van der Waals surface area contributed by atoms with Crippen LogP contribution in [0.4, 0.5) is 11.4 Å². The number of carbonyl (C=O) groups is 1. The maximum absolute atomic E-state index is 12.6. The first-order valence-electron chi connectivity index (χ1n) is 10.4. The summed E-state index contributed by atoms with van der Waals surface area (Å²) in [5, 5.41) is 3.05. The zero-order valence-corrected chi connectivity index (χ0v) is 17.9. The average molecular weight is 396 g/mol. The molecule has 0 saturated carbocycles. The molecule has 1 saturated heterocycles. The molecule has 1 aliphatic heterocycles. The molecule has 1 amide bonds. The van der Waals surface area contributed by atoms with Crippen LogP contribution in [0.1, 0.15) is 25.8 Å². The predicted molar refractivity (Wildman–Crippen MR) is 120 cm³/mol. The molecule has 0 unspecified atom stereocenters. The minimum atomic E-state index is -0.201. The minimum Gasteiger partial charge on any atom is -0.383 e. The largest absolute Gasteiger partial charge is 0.383 e. The fourth-order valence-corrected chi connectivity index (χ4v) is 3.80. The van der Waals surface area contributed by atoms with Gasteiger partial charge in [-0.05, 0) is 35.2 Å². The third kappa shape index (κ3) is 6.05. The van der Waals surface area contributed by atoms with E-state index in [0.717, 1.165) is 45.0 Å². The zero-order valence-electron chi connectivity index (χ0n) is 17.9. The average Bonchev–Trinajstić information content (AvgIpc) is 2.73. The van der Waals surface area contributed by atoms with E-state index in [-0.39, 0.29) is 11.3 Å². The molecule has 1 fully saturated rings. The summed E-state index contributed by atoms with van der Waals surface area (Å²) in [5.74, 6) is 0.0401. The Bertz CT molecular complexity index is 766. The normalized spacial score (nSPS) is 15.3. The van der Waals surface area contributed by atoms with Gasteiger partial charge in [0.2, 0.25) is 5.91 Å². The molecular formula is C24H33N3O2. The van der Waals surface area contributed by atoms with E-state index < -0.39 is 0 Å². The highest BCUT2D eigenvalue weighted by atomic mass is 16.5. The van der Waals surface area contributed by atoms with E-state index in [9.17, 15) is 4.79 Å². The lowest BCUT2D eigenvalue weighted by Crippen LogP contribution is -2.47. The van der Waals surface area contributed by atoms with E-state index in [1.807, 2.05) is 30.3 Å². The Morgan fingerprint density at radius 3 is 2.28 bits per heavy atom. The number of benzene rings is 2. The lowest BCUT2D eigenvalue weighted by molar-refractivity contribution is -0.117. The SMILES string of the molecule is COCCN1CCN(c2ccc(NC(=O)CC(C)(C)c3ccccc3)cc2)CC1. The van der Waals surface area contributed by atoms with Crippen molar-refractivity contribution < 1.29 is 9.53 Å². The Balaban J connectivity index is 1.51.